The van der Waals surface area contributed by atoms with Gasteiger partial charge in [0, 0.05) is 16.9 Å². The third-order valence-electron chi connectivity index (χ3n) is 3.59. The SMILES string of the molecule is O=C([O-])c1ccccc1S[C@H]1CC(=O)N(c2ccc(O)cc2)C1=O. The zero-order valence-electron chi connectivity index (χ0n) is 12.3. The number of hydrogen-bond acceptors (Lipinski definition) is 6. The van der Waals surface area contributed by atoms with Gasteiger partial charge in [-0.3, -0.25) is 9.59 Å². The standard InChI is InChI=1S/C17H13NO5S/c19-11-7-5-10(6-8-11)18-15(20)9-14(16(18)21)24-13-4-2-1-3-12(13)17(22)23/h1-8,14,19H,9H2,(H,22,23)/p-1/t14-/m0/s1. The van der Waals surface area contributed by atoms with Crippen LogP contribution in [0.1, 0.15) is 16.8 Å². The Labute approximate surface area is 141 Å². The van der Waals surface area contributed by atoms with Gasteiger partial charge in [-0.15, -0.1) is 11.8 Å². The van der Waals surface area contributed by atoms with Crippen LogP contribution in [0.4, 0.5) is 5.69 Å². The summed E-state index contributed by atoms with van der Waals surface area (Å²) in [6.07, 6.45) is -0.0221. The van der Waals surface area contributed by atoms with Crippen molar-refractivity contribution in [2.75, 3.05) is 4.90 Å². The summed E-state index contributed by atoms with van der Waals surface area (Å²) >= 11 is 1.04. The summed E-state index contributed by atoms with van der Waals surface area (Å²) in [5.41, 5.74) is 0.366. The highest BCUT2D eigenvalue weighted by atomic mass is 32.2. The maximum Gasteiger partial charge on any atom is 0.247 e. The van der Waals surface area contributed by atoms with Gasteiger partial charge in [-0.1, -0.05) is 18.2 Å². The van der Waals surface area contributed by atoms with Crippen molar-refractivity contribution in [3.05, 3.63) is 54.1 Å². The number of phenols is 1. The molecule has 2 amide bonds. The highest BCUT2D eigenvalue weighted by Gasteiger charge is 2.40. The second-order valence-corrected chi connectivity index (χ2v) is 6.42. The first-order valence-corrected chi connectivity index (χ1v) is 7.98. The number of rotatable bonds is 4. The first-order valence-electron chi connectivity index (χ1n) is 7.10. The summed E-state index contributed by atoms with van der Waals surface area (Å²) in [6, 6.07) is 11.9. The van der Waals surface area contributed by atoms with E-state index in [2.05, 4.69) is 0 Å². The molecule has 0 saturated carbocycles. The van der Waals surface area contributed by atoms with Crippen molar-refractivity contribution in [1.29, 1.82) is 0 Å². The molecular weight excluding hydrogens is 330 g/mol. The third kappa shape index (κ3) is 2.98. The number of aromatic carboxylic acids is 1. The van der Waals surface area contributed by atoms with Crippen LogP contribution < -0.4 is 10.0 Å². The molecule has 0 spiro atoms. The van der Waals surface area contributed by atoms with Gasteiger partial charge in [0.1, 0.15) is 5.75 Å². The molecule has 7 heteroatoms. The maximum absolute atomic E-state index is 12.5. The molecule has 6 nitrogen and oxygen atoms in total. The smallest absolute Gasteiger partial charge is 0.247 e. The fourth-order valence-corrected chi connectivity index (χ4v) is 3.63. The Balaban J connectivity index is 1.85. The van der Waals surface area contributed by atoms with Gasteiger partial charge in [-0.2, -0.15) is 0 Å². The van der Waals surface area contributed by atoms with Crippen LogP contribution in [0.25, 0.3) is 0 Å². The second kappa shape index (κ2) is 6.37. The molecule has 0 aliphatic carbocycles. The minimum atomic E-state index is -1.33. The van der Waals surface area contributed by atoms with E-state index in [4.69, 9.17) is 0 Å². The molecule has 1 aliphatic heterocycles. The van der Waals surface area contributed by atoms with Gasteiger partial charge in [-0.25, -0.2) is 4.90 Å². The molecule has 1 atom stereocenters. The molecule has 2 aromatic rings. The van der Waals surface area contributed by atoms with Crippen LogP contribution in [-0.2, 0) is 9.59 Å². The minimum absolute atomic E-state index is 0.00849. The Morgan fingerprint density at radius 1 is 1.12 bits per heavy atom. The monoisotopic (exact) mass is 342 g/mol. The van der Waals surface area contributed by atoms with Crippen LogP contribution in [-0.4, -0.2) is 28.1 Å². The van der Waals surface area contributed by atoms with E-state index in [1.165, 1.54) is 30.3 Å². The van der Waals surface area contributed by atoms with E-state index < -0.39 is 17.1 Å². The lowest BCUT2D eigenvalue weighted by atomic mass is 10.2. The Hall–Kier alpha value is -2.80. The summed E-state index contributed by atoms with van der Waals surface area (Å²) in [4.78, 5) is 37.3. The average molecular weight is 342 g/mol. The number of phenolic OH excluding ortho intramolecular Hbond substituents is 1. The van der Waals surface area contributed by atoms with E-state index in [9.17, 15) is 24.6 Å². The number of hydrogen-bond donors (Lipinski definition) is 1. The predicted molar refractivity (Wildman–Crippen MR) is 85.6 cm³/mol. The molecular formula is C17H12NO5S-. The van der Waals surface area contributed by atoms with Crippen LogP contribution in [0, 0.1) is 0 Å². The Bertz CT molecular complexity index is 818. The van der Waals surface area contributed by atoms with Gasteiger partial charge >= 0.3 is 0 Å². The van der Waals surface area contributed by atoms with Gasteiger partial charge in [-0.05, 0) is 30.3 Å². The van der Waals surface area contributed by atoms with E-state index in [-0.39, 0.29) is 23.6 Å². The molecule has 1 heterocycles. The molecule has 0 aromatic heterocycles. The molecule has 3 rings (SSSR count). The van der Waals surface area contributed by atoms with Gasteiger partial charge in [0.2, 0.25) is 11.8 Å². The van der Waals surface area contributed by atoms with Crippen molar-refractivity contribution >= 4 is 35.2 Å². The number of carbonyl (C=O) groups excluding carboxylic acids is 3. The molecule has 2 aromatic carbocycles. The average Bonchev–Trinajstić information content (AvgIpc) is 2.83. The molecule has 24 heavy (non-hydrogen) atoms. The first kappa shape index (κ1) is 16.1. The number of imide groups is 1. The first-order chi connectivity index (χ1) is 11.5. The second-order valence-electron chi connectivity index (χ2n) is 5.18. The summed E-state index contributed by atoms with van der Waals surface area (Å²) < 4.78 is 0. The van der Waals surface area contributed by atoms with Crippen LogP contribution in [0.5, 0.6) is 5.75 Å². The lowest BCUT2D eigenvalue weighted by Gasteiger charge is -2.16. The molecule has 1 saturated heterocycles. The lowest BCUT2D eigenvalue weighted by Crippen LogP contribution is -2.31. The summed E-state index contributed by atoms with van der Waals surface area (Å²) in [5, 5.41) is 19.8. The van der Waals surface area contributed by atoms with Gasteiger partial charge in [0.05, 0.1) is 16.9 Å². The zero-order chi connectivity index (χ0) is 17.3. The van der Waals surface area contributed by atoms with Crippen molar-refractivity contribution in [2.24, 2.45) is 0 Å². The van der Waals surface area contributed by atoms with Crippen LogP contribution in [0.2, 0.25) is 0 Å². The number of carboxylic acids is 1. The number of amides is 2. The van der Waals surface area contributed by atoms with E-state index in [0.717, 1.165) is 16.7 Å². The topological polar surface area (TPSA) is 97.7 Å². The highest BCUT2D eigenvalue weighted by molar-refractivity contribution is 8.00. The van der Waals surface area contributed by atoms with E-state index >= 15 is 0 Å². The van der Waals surface area contributed by atoms with Crippen molar-refractivity contribution in [2.45, 2.75) is 16.6 Å². The van der Waals surface area contributed by atoms with Crippen LogP contribution in [0.15, 0.2) is 53.4 Å². The van der Waals surface area contributed by atoms with E-state index in [0.29, 0.717) is 10.6 Å². The zero-order valence-corrected chi connectivity index (χ0v) is 13.2. The molecule has 122 valence electrons. The number of thioether (sulfide) groups is 1. The van der Waals surface area contributed by atoms with Crippen molar-refractivity contribution in [3.63, 3.8) is 0 Å². The minimum Gasteiger partial charge on any atom is -0.545 e. The van der Waals surface area contributed by atoms with Crippen molar-refractivity contribution < 1.29 is 24.6 Å². The van der Waals surface area contributed by atoms with Gasteiger partial charge in [0.15, 0.2) is 0 Å². The van der Waals surface area contributed by atoms with Crippen molar-refractivity contribution in [1.82, 2.24) is 0 Å². The molecule has 1 fully saturated rings. The molecule has 1 aliphatic rings. The fraction of sp³-hybridized carbons (Fsp3) is 0.118. The van der Waals surface area contributed by atoms with E-state index in [1.807, 2.05) is 0 Å². The number of carboxylic acid groups (broad SMARTS) is 1. The molecule has 0 unspecified atom stereocenters. The molecule has 0 bridgehead atoms. The number of nitrogens with zero attached hydrogens (tertiary/aromatic N) is 1. The summed E-state index contributed by atoms with van der Waals surface area (Å²) in [7, 11) is 0. The Morgan fingerprint density at radius 3 is 2.46 bits per heavy atom. The normalized spacial score (nSPS) is 17.3. The summed E-state index contributed by atoms with van der Waals surface area (Å²) in [6.45, 7) is 0. The maximum atomic E-state index is 12.5. The van der Waals surface area contributed by atoms with Crippen LogP contribution >= 0.6 is 11.8 Å². The van der Waals surface area contributed by atoms with Crippen LogP contribution in [0.3, 0.4) is 0 Å². The quantitative estimate of drug-likeness (QED) is 0.838. The molecule has 1 N–H and O–H groups in total. The third-order valence-corrected chi connectivity index (χ3v) is 4.85. The molecule has 0 radical (unpaired) electrons. The Morgan fingerprint density at radius 2 is 1.79 bits per heavy atom. The van der Waals surface area contributed by atoms with E-state index in [1.54, 1.807) is 18.2 Å². The van der Waals surface area contributed by atoms with Crippen molar-refractivity contribution in [3.8, 4) is 5.75 Å². The predicted octanol–water partition coefficient (Wildman–Crippen LogP) is 1.18. The lowest BCUT2D eigenvalue weighted by molar-refractivity contribution is -0.255. The fourth-order valence-electron chi connectivity index (χ4n) is 2.46. The largest absolute Gasteiger partial charge is 0.545 e. The highest BCUT2D eigenvalue weighted by Crippen LogP contribution is 2.35. The Kier molecular flexibility index (Phi) is 4.26. The number of carbonyl (C=O) groups is 3. The number of anilines is 1. The summed E-state index contributed by atoms with van der Waals surface area (Å²) in [5.74, 6) is -2.07. The number of aromatic hydroxyl groups is 1. The van der Waals surface area contributed by atoms with Gasteiger partial charge < -0.3 is 15.0 Å². The number of benzene rings is 2. The van der Waals surface area contributed by atoms with Gasteiger partial charge in [0.25, 0.3) is 0 Å².